The number of carbonyl (C=O) groups excluding carboxylic acids is 1. The number of rotatable bonds is 8. The molecule has 2 aromatic rings. The van der Waals surface area contributed by atoms with Gasteiger partial charge >= 0.3 is 0 Å². The minimum absolute atomic E-state index is 0.0959. The molecule has 3 rings (SSSR count). The van der Waals surface area contributed by atoms with Crippen molar-refractivity contribution in [3.8, 4) is 0 Å². The lowest BCUT2D eigenvalue weighted by Gasteiger charge is -2.36. The van der Waals surface area contributed by atoms with Crippen molar-refractivity contribution in [3.05, 3.63) is 41.5 Å². The van der Waals surface area contributed by atoms with Crippen molar-refractivity contribution in [2.75, 3.05) is 45.0 Å². The highest BCUT2D eigenvalue weighted by atomic mass is 32.2. The van der Waals surface area contributed by atoms with Crippen LogP contribution in [0.2, 0.25) is 0 Å². The van der Waals surface area contributed by atoms with Gasteiger partial charge in [0.05, 0.1) is 12.6 Å². The Morgan fingerprint density at radius 1 is 1.21 bits per heavy atom. The minimum Gasteiger partial charge on any atom is -0.354 e. The topological polar surface area (TPSA) is 74.5 Å². The van der Waals surface area contributed by atoms with E-state index in [9.17, 15) is 4.79 Å². The quantitative estimate of drug-likeness (QED) is 0.535. The second-order valence-corrected chi connectivity index (χ2v) is 8.35. The molecule has 0 aliphatic carbocycles. The first-order valence-corrected chi connectivity index (χ1v) is 10.7. The Kier molecular flexibility index (Phi) is 7.47. The van der Waals surface area contributed by atoms with Gasteiger partial charge in [0.25, 0.3) is 0 Å². The smallest absolute Gasteiger partial charge is 0.243 e. The molecule has 8 heteroatoms. The van der Waals surface area contributed by atoms with E-state index in [-0.39, 0.29) is 11.9 Å². The van der Waals surface area contributed by atoms with Crippen molar-refractivity contribution in [1.29, 1.82) is 0 Å². The van der Waals surface area contributed by atoms with Gasteiger partial charge in [0.15, 0.2) is 5.82 Å². The maximum absolute atomic E-state index is 12.2. The zero-order valence-electron chi connectivity index (χ0n) is 16.9. The third-order valence-corrected chi connectivity index (χ3v) is 5.95. The fourth-order valence-corrected chi connectivity index (χ4v) is 3.97. The zero-order chi connectivity index (χ0) is 19.9. The molecule has 2 heterocycles. The Labute approximate surface area is 170 Å². The summed E-state index contributed by atoms with van der Waals surface area (Å²) < 4.78 is 5.28. The van der Waals surface area contributed by atoms with Gasteiger partial charge in [-0.15, -0.1) is 11.8 Å². The SMILES string of the molecule is Cc1ccc(SCCNC(=O)CN2CCN(C(C)c3nc(C)no3)CC2)cc1. The van der Waals surface area contributed by atoms with Gasteiger partial charge in [-0.05, 0) is 32.9 Å². The molecule has 1 aromatic heterocycles. The number of thioether (sulfide) groups is 1. The van der Waals surface area contributed by atoms with Crippen LogP contribution in [-0.4, -0.2) is 70.9 Å². The molecule has 1 aliphatic heterocycles. The van der Waals surface area contributed by atoms with Crippen LogP contribution in [0.4, 0.5) is 0 Å². The van der Waals surface area contributed by atoms with Crippen LogP contribution in [0.15, 0.2) is 33.7 Å². The van der Waals surface area contributed by atoms with Gasteiger partial charge in [0, 0.05) is 43.4 Å². The molecule has 28 heavy (non-hydrogen) atoms. The predicted octanol–water partition coefficient (Wildman–Crippen LogP) is 2.27. The van der Waals surface area contributed by atoms with Gasteiger partial charge < -0.3 is 9.84 Å². The Balaban J connectivity index is 1.31. The lowest BCUT2D eigenvalue weighted by Crippen LogP contribution is -2.50. The van der Waals surface area contributed by atoms with Crippen molar-refractivity contribution in [2.45, 2.75) is 31.7 Å². The first kappa shape index (κ1) is 20.8. The average Bonchev–Trinajstić information content (AvgIpc) is 3.13. The summed E-state index contributed by atoms with van der Waals surface area (Å²) in [5, 5.41) is 6.89. The van der Waals surface area contributed by atoms with Gasteiger partial charge in [0.1, 0.15) is 0 Å². The van der Waals surface area contributed by atoms with Crippen LogP contribution < -0.4 is 5.32 Å². The van der Waals surface area contributed by atoms with Crippen LogP contribution in [0, 0.1) is 13.8 Å². The van der Waals surface area contributed by atoms with Gasteiger partial charge in [-0.3, -0.25) is 14.6 Å². The van der Waals surface area contributed by atoms with Crippen molar-refractivity contribution in [2.24, 2.45) is 0 Å². The van der Waals surface area contributed by atoms with E-state index in [1.54, 1.807) is 11.8 Å². The maximum Gasteiger partial charge on any atom is 0.243 e. The van der Waals surface area contributed by atoms with E-state index in [2.05, 4.69) is 63.4 Å². The first-order valence-electron chi connectivity index (χ1n) is 9.74. The van der Waals surface area contributed by atoms with Crippen molar-refractivity contribution in [3.63, 3.8) is 0 Å². The molecular weight excluding hydrogens is 374 g/mol. The molecule has 1 amide bonds. The molecule has 0 radical (unpaired) electrons. The molecule has 1 saturated heterocycles. The summed E-state index contributed by atoms with van der Waals surface area (Å²) in [7, 11) is 0. The molecule has 1 atom stereocenters. The van der Waals surface area contributed by atoms with E-state index in [0.29, 0.717) is 24.8 Å². The van der Waals surface area contributed by atoms with Crippen molar-refractivity contribution in [1.82, 2.24) is 25.3 Å². The summed E-state index contributed by atoms with van der Waals surface area (Å²) in [5.41, 5.74) is 1.26. The van der Waals surface area contributed by atoms with Gasteiger partial charge in [0.2, 0.25) is 11.8 Å². The number of aromatic nitrogens is 2. The van der Waals surface area contributed by atoms with E-state index in [1.807, 2.05) is 6.92 Å². The van der Waals surface area contributed by atoms with Crippen LogP contribution >= 0.6 is 11.8 Å². The summed E-state index contributed by atoms with van der Waals surface area (Å²) >= 11 is 1.77. The van der Waals surface area contributed by atoms with Crippen LogP contribution in [0.5, 0.6) is 0 Å². The van der Waals surface area contributed by atoms with Gasteiger partial charge in [-0.2, -0.15) is 4.98 Å². The van der Waals surface area contributed by atoms with E-state index < -0.39 is 0 Å². The van der Waals surface area contributed by atoms with E-state index >= 15 is 0 Å². The predicted molar refractivity (Wildman–Crippen MR) is 110 cm³/mol. The molecule has 1 N–H and O–H groups in total. The summed E-state index contributed by atoms with van der Waals surface area (Å²) in [6.07, 6.45) is 0. The average molecular weight is 404 g/mol. The molecule has 0 saturated carbocycles. The highest BCUT2D eigenvalue weighted by molar-refractivity contribution is 7.99. The van der Waals surface area contributed by atoms with Crippen LogP contribution in [-0.2, 0) is 4.79 Å². The standard InChI is InChI=1S/C20H29N5O2S/c1-15-4-6-18(7-5-15)28-13-8-21-19(26)14-24-9-11-25(12-10-24)16(2)20-22-17(3)23-27-20/h4-7,16H,8-14H2,1-3H3,(H,21,26). The third kappa shape index (κ3) is 6.05. The van der Waals surface area contributed by atoms with Gasteiger partial charge in [-0.1, -0.05) is 22.9 Å². The minimum atomic E-state index is 0.0959. The number of amides is 1. The Hall–Kier alpha value is -1.90. The van der Waals surface area contributed by atoms with Crippen molar-refractivity contribution < 1.29 is 9.32 Å². The van der Waals surface area contributed by atoms with E-state index in [1.165, 1.54) is 10.5 Å². The summed E-state index contributed by atoms with van der Waals surface area (Å²) in [6, 6.07) is 8.58. The monoisotopic (exact) mass is 403 g/mol. The molecule has 1 aliphatic rings. The van der Waals surface area contributed by atoms with Gasteiger partial charge in [-0.25, -0.2) is 0 Å². The number of aryl methyl sites for hydroxylation is 2. The zero-order valence-corrected chi connectivity index (χ0v) is 17.7. The molecule has 0 spiro atoms. The van der Waals surface area contributed by atoms with Crippen LogP contribution in [0.3, 0.4) is 0 Å². The number of hydrogen-bond acceptors (Lipinski definition) is 7. The summed E-state index contributed by atoms with van der Waals surface area (Å²) in [6.45, 7) is 10.6. The Morgan fingerprint density at radius 3 is 2.57 bits per heavy atom. The first-order chi connectivity index (χ1) is 13.5. The molecule has 152 valence electrons. The second kappa shape index (κ2) is 10.0. The highest BCUT2D eigenvalue weighted by Crippen LogP contribution is 2.20. The molecular formula is C20H29N5O2S. The van der Waals surface area contributed by atoms with Crippen LogP contribution in [0.1, 0.15) is 30.2 Å². The molecule has 7 nitrogen and oxygen atoms in total. The Bertz CT molecular complexity index is 756. The fourth-order valence-electron chi connectivity index (χ4n) is 3.20. The largest absolute Gasteiger partial charge is 0.354 e. The fraction of sp³-hybridized carbons (Fsp3) is 0.550. The lowest BCUT2D eigenvalue weighted by atomic mass is 10.2. The Morgan fingerprint density at radius 2 is 1.93 bits per heavy atom. The van der Waals surface area contributed by atoms with E-state index in [4.69, 9.17) is 4.52 Å². The number of carbonyl (C=O) groups is 1. The second-order valence-electron chi connectivity index (χ2n) is 7.18. The highest BCUT2D eigenvalue weighted by Gasteiger charge is 2.26. The summed E-state index contributed by atoms with van der Waals surface area (Å²) in [5.74, 6) is 2.30. The number of benzene rings is 1. The number of piperazine rings is 1. The van der Waals surface area contributed by atoms with Crippen LogP contribution in [0.25, 0.3) is 0 Å². The van der Waals surface area contributed by atoms with E-state index in [0.717, 1.165) is 31.9 Å². The number of nitrogens with zero attached hydrogens (tertiary/aromatic N) is 4. The summed E-state index contributed by atoms with van der Waals surface area (Å²) in [4.78, 5) is 22.3. The molecule has 0 bridgehead atoms. The molecule has 1 unspecified atom stereocenters. The molecule has 1 fully saturated rings. The number of hydrogen-bond donors (Lipinski definition) is 1. The third-order valence-electron chi connectivity index (χ3n) is 4.94. The maximum atomic E-state index is 12.2. The normalized spacial score (nSPS) is 16.8. The number of nitrogens with one attached hydrogen (secondary N) is 1. The van der Waals surface area contributed by atoms with Crippen molar-refractivity contribution >= 4 is 17.7 Å². The lowest BCUT2D eigenvalue weighted by molar-refractivity contribution is -0.122. The molecule has 1 aromatic carbocycles.